The number of piperidine rings is 1. The van der Waals surface area contributed by atoms with Gasteiger partial charge in [-0.2, -0.15) is 0 Å². The lowest BCUT2D eigenvalue weighted by Gasteiger charge is -2.36. The second kappa shape index (κ2) is 5.99. The molecule has 23 heavy (non-hydrogen) atoms. The molecule has 4 heteroatoms. The minimum Gasteiger partial charge on any atom is -0.342 e. The van der Waals surface area contributed by atoms with Crippen LogP contribution in [0.4, 0.5) is 5.69 Å². The zero-order chi connectivity index (χ0) is 16.6. The third kappa shape index (κ3) is 3.12. The molecule has 4 nitrogen and oxygen atoms in total. The molecule has 0 aliphatic carbocycles. The monoisotopic (exact) mass is 314 g/mol. The van der Waals surface area contributed by atoms with Crippen LogP contribution in [-0.2, 0) is 16.0 Å². The SMILES string of the molecule is CC(C)(C)C(=O)N1CCC(C(=O)N2CCc3ccccc32)CC1. The van der Waals surface area contributed by atoms with Gasteiger partial charge in [0.2, 0.25) is 11.8 Å². The van der Waals surface area contributed by atoms with Crippen molar-refractivity contribution >= 4 is 17.5 Å². The summed E-state index contributed by atoms with van der Waals surface area (Å²) in [6.07, 6.45) is 2.50. The van der Waals surface area contributed by atoms with Crippen molar-refractivity contribution in [3.05, 3.63) is 29.8 Å². The second-order valence-corrected chi connectivity index (χ2v) is 7.69. The highest BCUT2D eigenvalue weighted by atomic mass is 16.2. The van der Waals surface area contributed by atoms with E-state index >= 15 is 0 Å². The number of carbonyl (C=O) groups is 2. The van der Waals surface area contributed by atoms with Gasteiger partial charge in [0, 0.05) is 36.7 Å². The Morgan fingerprint density at radius 3 is 2.35 bits per heavy atom. The molecule has 0 saturated carbocycles. The van der Waals surface area contributed by atoms with Gasteiger partial charge in [-0.25, -0.2) is 0 Å². The summed E-state index contributed by atoms with van der Waals surface area (Å²) in [5.74, 6) is 0.470. The average Bonchev–Trinajstić information content (AvgIpc) is 2.97. The number of amides is 2. The minimum atomic E-state index is -0.343. The van der Waals surface area contributed by atoms with Crippen molar-refractivity contribution in [3.63, 3.8) is 0 Å². The highest BCUT2D eigenvalue weighted by Gasteiger charge is 2.35. The predicted molar refractivity (Wildman–Crippen MR) is 91.3 cm³/mol. The van der Waals surface area contributed by atoms with Gasteiger partial charge in [0.1, 0.15) is 0 Å². The fourth-order valence-corrected chi connectivity index (χ4v) is 3.59. The summed E-state index contributed by atoms with van der Waals surface area (Å²) in [5, 5.41) is 0. The van der Waals surface area contributed by atoms with E-state index in [1.54, 1.807) is 0 Å². The molecule has 0 unspecified atom stereocenters. The lowest BCUT2D eigenvalue weighted by molar-refractivity contribution is -0.142. The fourth-order valence-electron chi connectivity index (χ4n) is 3.59. The summed E-state index contributed by atoms with van der Waals surface area (Å²) < 4.78 is 0. The first-order valence-electron chi connectivity index (χ1n) is 8.56. The van der Waals surface area contributed by atoms with E-state index in [0.29, 0.717) is 13.1 Å². The van der Waals surface area contributed by atoms with Crippen LogP contribution in [0, 0.1) is 11.3 Å². The van der Waals surface area contributed by atoms with E-state index in [1.165, 1.54) is 5.56 Å². The largest absolute Gasteiger partial charge is 0.342 e. The topological polar surface area (TPSA) is 40.6 Å². The van der Waals surface area contributed by atoms with Crippen LogP contribution in [0.3, 0.4) is 0 Å². The Bertz CT molecular complexity index is 610. The number of benzene rings is 1. The van der Waals surface area contributed by atoms with Gasteiger partial charge in [-0.1, -0.05) is 39.0 Å². The highest BCUT2D eigenvalue weighted by Crippen LogP contribution is 2.31. The first-order valence-corrected chi connectivity index (χ1v) is 8.56. The average molecular weight is 314 g/mol. The van der Waals surface area contributed by atoms with Gasteiger partial charge in [-0.3, -0.25) is 9.59 Å². The Labute approximate surface area is 138 Å². The quantitative estimate of drug-likeness (QED) is 0.800. The number of anilines is 1. The van der Waals surface area contributed by atoms with Crippen LogP contribution in [0.25, 0.3) is 0 Å². The van der Waals surface area contributed by atoms with E-state index in [0.717, 1.165) is 31.5 Å². The van der Waals surface area contributed by atoms with E-state index in [9.17, 15) is 9.59 Å². The van der Waals surface area contributed by atoms with Crippen molar-refractivity contribution in [1.29, 1.82) is 0 Å². The third-order valence-corrected chi connectivity index (χ3v) is 4.93. The second-order valence-electron chi connectivity index (χ2n) is 7.69. The van der Waals surface area contributed by atoms with Gasteiger partial charge in [-0.15, -0.1) is 0 Å². The van der Waals surface area contributed by atoms with E-state index in [1.807, 2.05) is 48.8 Å². The lowest BCUT2D eigenvalue weighted by atomic mass is 9.90. The third-order valence-electron chi connectivity index (χ3n) is 4.93. The van der Waals surface area contributed by atoms with Gasteiger partial charge in [0.15, 0.2) is 0 Å². The number of nitrogens with zero attached hydrogens (tertiary/aromatic N) is 2. The van der Waals surface area contributed by atoms with Gasteiger partial charge in [-0.05, 0) is 30.9 Å². The molecule has 2 heterocycles. The van der Waals surface area contributed by atoms with Gasteiger partial charge < -0.3 is 9.80 Å². The molecular weight excluding hydrogens is 288 g/mol. The Kier molecular flexibility index (Phi) is 4.17. The molecule has 124 valence electrons. The maximum atomic E-state index is 12.9. The Morgan fingerprint density at radius 1 is 1.04 bits per heavy atom. The number of hydrogen-bond donors (Lipinski definition) is 0. The van der Waals surface area contributed by atoms with E-state index in [4.69, 9.17) is 0 Å². The van der Waals surface area contributed by atoms with E-state index in [2.05, 4.69) is 6.07 Å². The molecule has 0 atom stereocenters. The van der Waals surface area contributed by atoms with Crippen LogP contribution >= 0.6 is 0 Å². The van der Waals surface area contributed by atoms with Gasteiger partial charge >= 0.3 is 0 Å². The van der Waals surface area contributed by atoms with Gasteiger partial charge in [0.25, 0.3) is 0 Å². The number of hydrogen-bond acceptors (Lipinski definition) is 2. The Morgan fingerprint density at radius 2 is 1.70 bits per heavy atom. The van der Waals surface area contributed by atoms with E-state index < -0.39 is 0 Å². The molecule has 1 fully saturated rings. The molecule has 0 bridgehead atoms. The summed E-state index contributed by atoms with van der Waals surface area (Å²) in [6, 6.07) is 8.17. The summed E-state index contributed by atoms with van der Waals surface area (Å²) in [5.41, 5.74) is 2.00. The number of para-hydroxylation sites is 1. The fraction of sp³-hybridized carbons (Fsp3) is 0.579. The molecule has 1 aromatic rings. The van der Waals surface area contributed by atoms with Crippen molar-refractivity contribution in [2.75, 3.05) is 24.5 Å². The van der Waals surface area contributed by atoms with Crippen molar-refractivity contribution in [2.45, 2.75) is 40.0 Å². The molecule has 0 radical (unpaired) electrons. The molecule has 0 spiro atoms. The van der Waals surface area contributed by atoms with Gasteiger partial charge in [0.05, 0.1) is 0 Å². The number of fused-ring (bicyclic) bond motifs is 1. The summed E-state index contributed by atoms with van der Waals surface area (Å²) in [6.45, 7) is 8.04. The summed E-state index contributed by atoms with van der Waals surface area (Å²) in [7, 11) is 0. The highest BCUT2D eigenvalue weighted by molar-refractivity contribution is 5.97. The van der Waals surface area contributed by atoms with Crippen LogP contribution < -0.4 is 4.90 Å². The number of carbonyl (C=O) groups excluding carboxylic acids is 2. The minimum absolute atomic E-state index is 0.0465. The molecular formula is C19H26N2O2. The molecule has 2 amide bonds. The van der Waals surface area contributed by atoms with Crippen LogP contribution in [0.2, 0.25) is 0 Å². The standard InChI is InChI=1S/C19H26N2O2/c1-19(2,3)18(23)20-11-8-15(9-12-20)17(22)21-13-10-14-6-4-5-7-16(14)21/h4-7,15H,8-13H2,1-3H3. The normalized spacial score (nSPS) is 18.9. The molecule has 1 aromatic carbocycles. The van der Waals surface area contributed by atoms with Crippen LogP contribution in [0.5, 0.6) is 0 Å². The molecule has 2 aliphatic heterocycles. The van der Waals surface area contributed by atoms with Crippen LogP contribution in [-0.4, -0.2) is 36.3 Å². The van der Waals surface area contributed by atoms with E-state index in [-0.39, 0.29) is 23.1 Å². The van der Waals surface area contributed by atoms with Crippen molar-refractivity contribution in [3.8, 4) is 0 Å². The first kappa shape index (κ1) is 16.0. The van der Waals surface area contributed by atoms with Crippen molar-refractivity contribution in [1.82, 2.24) is 4.90 Å². The van der Waals surface area contributed by atoms with Crippen LogP contribution in [0.15, 0.2) is 24.3 Å². The summed E-state index contributed by atoms with van der Waals surface area (Å²) >= 11 is 0. The zero-order valence-electron chi connectivity index (χ0n) is 14.3. The maximum Gasteiger partial charge on any atom is 0.230 e. The Hall–Kier alpha value is -1.84. The molecule has 3 rings (SSSR count). The first-order chi connectivity index (χ1) is 10.9. The maximum absolute atomic E-state index is 12.9. The molecule has 1 saturated heterocycles. The Balaban J connectivity index is 1.63. The van der Waals surface area contributed by atoms with Crippen LogP contribution in [0.1, 0.15) is 39.2 Å². The molecule has 0 aromatic heterocycles. The smallest absolute Gasteiger partial charge is 0.230 e. The lowest BCUT2D eigenvalue weighted by Crippen LogP contribution is -2.47. The zero-order valence-corrected chi connectivity index (χ0v) is 14.3. The predicted octanol–water partition coefficient (Wildman–Crippen LogP) is 2.86. The number of rotatable bonds is 1. The molecule has 2 aliphatic rings. The number of likely N-dealkylation sites (tertiary alicyclic amines) is 1. The van der Waals surface area contributed by atoms with Crippen molar-refractivity contribution in [2.24, 2.45) is 11.3 Å². The summed E-state index contributed by atoms with van der Waals surface area (Å²) in [4.78, 5) is 29.1. The molecule has 0 N–H and O–H groups in total. The van der Waals surface area contributed by atoms with Crippen molar-refractivity contribution < 1.29 is 9.59 Å².